The number of aliphatic hydroxyl groups excluding tert-OH is 1. The molecule has 8 nitrogen and oxygen atoms in total. The van der Waals surface area contributed by atoms with Crippen molar-refractivity contribution < 1.29 is 34.1 Å². The van der Waals surface area contributed by atoms with Crippen LogP contribution < -0.4 is 4.74 Å². The maximum atomic E-state index is 13.9. The molecule has 2 aromatic carbocycles. The second-order valence-corrected chi connectivity index (χ2v) is 11.6. The van der Waals surface area contributed by atoms with Gasteiger partial charge < -0.3 is 14.9 Å². The van der Waals surface area contributed by atoms with Crippen molar-refractivity contribution in [1.29, 1.82) is 0 Å². The number of aliphatic hydroxyl groups is 1. The lowest BCUT2D eigenvalue weighted by Gasteiger charge is -2.42. The summed E-state index contributed by atoms with van der Waals surface area (Å²) in [6.45, 7) is 0.268. The van der Waals surface area contributed by atoms with Crippen LogP contribution in [-0.4, -0.2) is 58.3 Å². The first-order chi connectivity index (χ1) is 19.8. The topological polar surface area (TPSA) is 121 Å². The monoisotopic (exact) mass is 617 g/mol. The van der Waals surface area contributed by atoms with E-state index in [2.05, 4.69) is 15.9 Å². The highest BCUT2D eigenvalue weighted by Crippen LogP contribution is 2.55. The lowest BCUT2D eigenvalue weighted by Crippen LogP contribution is -2.39. The molecule has 0 radical (unpaired) electrons. The third-order valence-corrected chi connectivity index (χ3v) is 9.15. The fourth-order valence-electron chi connectivity index (χ4n) is 6.70. The first-order valence-corrected chi connectivity index (χ1v) is 14.4. The molecular formula is C32H28BrNO7. The summed E-state index contributed by atoms with van der Waals surface area (Å²) in [5.41, 5.74) is 3.39. The van der Waals surface area contributed by atoms with Crippen LogP contribution in [0.5, 0.6) is 11.5 Å². The van der Waals surface area contributed by atoms with Gasteiger partial charge in [-0.25, -0.2) is 0 Å². The average Bonchev–Trinajstić information content (AvgIpc) is 3.22. The smallest absolute Gasteiger partial charge is 0.233 e. The van der Waals surface area contributed by atoms with E-state index in [4.69, 9.17) is 9.84 Å². The largest absolute Gasteiger partial charge is 0.508 e. The summed E-state index contributed by atoms with van der Waals surface area (Å²) in [4.78, 5) is 55.4. The lowest BCUT2D eigenvalue weighted by molar-refractivity contribution is -0.140. The zero-order chi connectivity index (χ0) is 28.8. The van der Waals surface area contributed by atoms with Crippen molar-refractivity contribution in [3.63, 3.8) is 0 Å². The number of phenolic OH excluding ortho intramolecular Hbond substituents is 1. The Morgan fingerprint density at radius 1 is 0.951 bits per heavy atom. The van der Waals surface area contributed by atoms with E-state index in [1.165, 1.54) is 11.0 Å². The molecule has 1 aliphatic heterocycles. The van der Waals surface area contributed by atoms with Gasteiger partial charge in [0, 0.05) is 29.7 Å². The quantitative estimate of drug-likeness (QED) is 0.276. The van der Waals surface area contributed by atoms with Crippen LogP contribution in [0.4, 0.5) is 0 Å². The van der Waals surface area contributed by atoms with Gasteiger partial charge in [0.2, 0.25) is 11.8 Å². The minimum Gasteiger partial charge on any atom is -0.508 e. The number of hydrogen-bond acceptors (Lipinski definition) is 7. The van der Waals surface area contributed by atoms with Crippen molar-refractivity contribution in [3.8, 4) is 11.5 Å². The maximum absolute atomic E-state index is 13.9. The first kappa shape index (κ1) is 27.4. The van der Waals surface area contributed by atoms with Gasteiger partial charge >= 0.3 is 0 Å². The fourth-order valence-corrected chi connectivity index (χ4v) is 7.14. The summed E-state index contributed by atoms with van der Waals surface area (Å²) < 4.78 is 5.70. The van der Waals surface area contributed by atoms with E-state index in [9.17, 15) is 24.3 Å². The molecule has 6 rings (SSSR count). The number of ether oxygens (including phenoxy) is 1. The average molecular weight is 618 g/mol. The van der Waals surface area contributed by atoms with E-state index in [-0.39, 0.29) is 59.8 Å². The van der Waals surface area contributed by atoms with Crippen LogP contribution in [0.1, 0.15) is 29.9 Å². The number of ketones is 2. The number of imide groups is 1. The number of fused-ring (bicyclic) bond motifs is 3. The van der Waals surface area contributed by atoms with Crippen molar-refractivity contribution in [3.05, 3.63) is 93.0 Å². The van der Waals surface area contributed by atoms with Crippen LogP contribution in [0.2, 0.25) is 0 Å². The molecule has 210 valence electrons. The Labute approximate surface area is 245 Å². The Balaban J connectivity index is 1.34. The van der Waals surface area contributed by atoms with Crippen molar-refractivity contribution in [2.24, 2.45) is 17.8 Å². The van der Waals surface area contributed by atoms with Crippen LogP contribution in [0, 0.1) is 17.8 Å². The number of aromatic hydroxyl groups is 1. The molecule has 1 fully saturated rings. The molecule has 0 saturated carbocycles. The number of rotatable bonds is 7. The molecule has 0 aromatic heterocycles. The van der Waals surface area contributed by atoms with Gasteiger partial charge in [0.05, 0.1) is 22.9 Å². The standard InChI is InChI=1S/C32H28BrNO7/c33-25-16-26(37)29-24(30(25)38)15-23-21(27(29)18-3-7-20(8-4-18)41-14-13-35)9-10-22-28(23)32(40)34(31(22)39)12-11-17-1-5-19(36)6-2-17/h1-9,16,22-23,27-28,35-36H,10-15H2/t22-,23+,27-,28-/m0/s1. The number of likely N-dealkylation sites (tertiary alicyclic amines) is 1. The van der Waals surface area contributed by atoms with E-state index in [1.807, 2.05) is 18.2 Å². The molecule has 0 unspecified atom stereocenters. The second-order valence-electron chi connectivity index (χ2n) is 10.8. The summed E-state index contributed by atoms with van der Waals surface area (Å²) in [7, 11) is 0. The number of hydrogen-bond donors (Lipinski definition) is 2. The van der Waals surface area contributed by atoms with Gasteiger partial charge in [-0.1, -0.05) is 35.9 Å². The van der Waals surface area contributed by atoms with Crippen LogP contribution in [0.3, 0.4) is 0 Å². The maximum Gasteiger partial charge on any atom is 0.233 e. The summed E-state index contributed by atoms with van der Waals surface area (Å²) in [5, 5.41) is 18.6. The summed E-state index contributed by atoms with van der Waals surface area (Å²) >= 11 is 3.25. The van der Waals surface area contributed by atoms with E-state index in [0.717, 1.165) is 16.7 Å². The molecule has 1 saturated heterocycles. The number of carbonyl (C=O) groups excluding carboxylic acids is 4. The number of Topliss-reactive ketones (excluding diaryl/α,β-unsaturated/α-hetero) is 1. The molecule has 9 heteroatoms. The fraction of sp³-hybridized carbons (Fsp3) is 0.312. The predicted octanol–water partition coefficient (Wildman–Crippen LogP) is 3.77. The van der Waals surface area contributed by atoms with Gasteiger partial charge in [-0.05, 0) is 76.5 Å². The van der Waals surface area contributed by atoms with Gasteiger partial charge in [-0.2, -0.15) is 0 Å². The van der Waals surface area contributed by atoms with E-state index in [0.29, 0.717) is 29.7 Å². The molecule has 4 aliphatic rings. The second kappa shape index (κ2) is 10.9. The SMILES string of the molecule is O=C1C=C(Br)C(=O)C2=C1[C@@H](c1ccc(OCCO)cc1)C1=CC[C@@H]3C(=O)N(CCc4ccc(O)cc4)C(=O)[C@@H]3[C@@H]1C2. The lowest BCUT2D eigenvalue weighted by atomic mass is 9.59. The van der Waals surface area contributed by atoms with Crippen LogP contribution in [0.15, 0.2) is 81.9 Å². The van der Waals surface area contributed by atoms with E-state index < -0.39 is 23.7 Å². The molecular weight excluding hydrogens is 590 g/mol. The van der Waals surface area contributed by atoms with Crippen molar-refractivity contribution in [1.82, 2.24) is 4.90 Å². The van der Waals surface area contributed by atoms with Crippen LogP contribution >= 0.6 is 15.9 Å². The van der Waals surface area contributed by atoms with Crippen molar-refractivity contribution >= 4 is 39.3 Å². The van der Waals surface area contributed by atoms with Crippen molar-refractivity contribution in [2.75, 3.05) is 19.8 Å². The normalized spacial score (nSPS) is 25.5. The number of allylic oxidation sites excluding steroid dienone is 6. The molecule has 4 atom stereocenters. The molecule has 3 aliphatic carbocycles. The Morgan fingerprint density at radius 3 is 2.39 bits per heavy atom. The molecule has 2 amide bonds. The number of phenols is 1. The number of amides is 2. The van der Waals surface area contributed by atoms with Gasteiger partial charge in [0.15, 0.2) is 11.6 Å². The zero-order valence-electron chi connectivity index (χ0n) is 22.1. The first-order valence-electron chi connectivity index (χ1n) is 13.6. The van der Waals surface area contributed by atoms with Crippen LogP contribution in [-0.2, 0) is 25.6 Å². The van der Waals surface area contributed by atoms with Crippen molar-refractivity contribution in [2.45, 2.75) is 25.2 Å². The summed E-state index contributed by atoms with van der Waals surface area (Å²) in [5.74, 6) is -2.30. The summed E-state index contributed by atoms with van der Waals surface area (Å²) in [6, 6.07) is 13.9. The number of nitrogens with zero attached hydrogens (tertiary/aromatic N) is 1. The highest BCUT2D eigenvalue weighted by molar-refractivity contribution is 9.12. The molecule has 0 spiro atoms. The predicted molar refractivity (Wildman–Crippen MR) is 152 cm³/mol. The van der Waals surface area contributed by atoms with E-state index >= 15 is 0 Å². The molecule has 41 heavy (non-hydrogen) atoms. The Bertz CT molecular complexity index is 1540. The Kier molecular flexibility index (Phi) is 7.25. The molecule has 1 heterocycles. The number of halogens is 1. The third kappa shape index (κ3) is 4.77. The van der Waals surface area contributed by atoms with E-state index in [1.54, 1.807) is 36.4 Å². The van der Waals surface area contributed by atoms with Crippen LogP contribution in [0.25, 0.3) is 0 Å². The molecule has 2 aromatic rings. The summed E-state index contributed by atoms with van der Waals surface area (Å²) in [6.07, 6.45) is 4.38. The molecule has 2 N–H and O–H groups in total. The molecule has 0 bridgehead atoms. The van der Waals surface area contributed by atoms with Gasteiger partial charge in [-0.15, -0.1) is 0 Å². The Hall–Kier alpha value is -3.82. The third-order valence-electron chi connectivity index (χ3n) is 8.56. The zero-order valence-corrected chi connectivity index (χ0v) is 23.7. The van der Waals surface area contributed by atoms with Gasteiger partial charge in [0.1, 0.15) is 18.1 Å². The number of carbonyl (C=O) groups is 4. The number of benzene rings is 2. The minimum absolute atomic E-state index is 0.117. The Morgan fingerprint density at radius 2 is 1.68 bits per heavy atom. The highest BCUT2D eigenvalue weighted by atomic mass is 79.9. The van der Waals surface area contributed by atoms with Gasteiger partial charge in [0.25, 0.3) is 0 Å². The minimum atomic E-state index is -0.612. The van der Waals surface area contributed by atoms with Gasteiger partial charge in [-0.3, -0.25) is 24.1 Å². The highest BCUT2D eigenvalue weighted by Gasteiger charge is 2.56.